The highest BCUT2D eigenvalue weighted by molar-refractivity contribution is 6.38. The van der Waals surface area contributed by atoms with E-state index in [0.29, 0.717) is 0 Å². The number of halogens is 1. The number of hydrogen-bond acceptors (Lipinski definition) is 3. The minimum atomic E-state index is 0.723. The van der Waals surface area contributed by atoms with Gasteiger partial charge in [-0.25, -0.2) is 4.98 Å². The van der Waals surface area contributed by atoms with E-state index in [4.69, 9.17) is 11.6 Å². The smallest absolute Gasteiger partial charge is 0.147 e. The fraction of sp³-hybridized carbons (Fsp3) is 0.148. The maximum atomic E-state index is 6.68. The zero-order chi connectivity index (χ0) is 21.5. The molecule has 0 atom stereocenters. The van der Waals surface area contributed by atoms with Gasteiger partial charge in [0.2, 0.25) is 0 Å². The third-order valence-electron chi connectivity index (χ3n) is 6.30. The second kappa shape index (κ2) is 7.97. The summed E-state index contributed by atoms with van der Waals surface area (Å²) in [6.07, 6.45) is 1.78. The number of benzene rings is 3. The largest absolute Gasteiger partial charge is 0.369 e. The Bertz CT molecular complexity index is 1400. The van der Waals surface area contributed by atoms with Crippen molar-refractivity contribution in [2.45, 2.75) is 0 Å². The molecule has 0 bridgehead atoms. The van der Waals surface area contributed by atoms with Crippen LogP contribution in [0.25, 0.3) is 38.8 Å². The molecule has 0 spiro atoms. The molecule has 4 nitrogen and oxygen atoms in total. The summed E-state index contributed by atoms with van der Waals surface area (Å²) in [5.41, 5.74) is 6.72. The molecule has 6 rings (SSSR count). The van der Waals surface area contributed by atoms with Crippen LogP contribution in [0.3, 0.4) is 0 Å². The van der Waals surface area contributed by atoms with Gasteiger partial charge >= 0.3 is 0 Å². The molecule has 158 valence electrons. The Labute approximate surface area is 192 Å². The number of aromatic nitrogens is 2. The van der Waals surface area contributed by atoms with Gasteiger partial charge in [0, 0.05) is 54.5 Å². The molecule has 0 unspecified atom stereocenters. The second-order valence-electron chi connectivity index (χ2n) is 8.18. The van der Waals surface area contributed by atoms with Gasteiger partial charge < -0.3 is 10.2 Å². The molecule has 1 saturated heterocycles. The third kappa shape index (κ3) is 3.24. The molecule has 5 heteroatoms. The van der Waals surface area contributed by atoms with E-state index in [9.17, 15) is 0 Å². The van der Waals surface area contributed by atoms with Gasteiger partial charge in [-0.15, -0.1) is 0 Å². The lowest BCUT2D eigenvalue weighted by Crippen LogP contribution is -2.43. The monoisotopic (exact) mass is 438 g/mol. The minimum absolute atomic E-state index is 0.723. The van der Waals surface area contributed by atoms with E-state index in [1.807, 2.05) is 24.3 Å². The number of fused-ring (bicyclic) bond motifs is 3. The number of hydrogen-bond donors (Lipinski definition) is 1. The van der Waals surface area contributed by atoms with Crippen molar-refractivity contribution in [3.8, 4) is 16.8 Å². The lowest BCUT2D eigenvalue weighted by atomic mass is 10.0. The molecule has 1 fully saturated rings. The summed E-state index contributed by atoms with van der Waals surface area (Å²) in [7, 11) is 0. The van der Waals surface area contributed by atoms with Crippen molar-refractivity contribution in [2.24, 2.45) is 0 Å². The summed E-state index contributed by atoms with van der Waals surface area (Å²) >= 11 is 6.68. The first-order valence-corrected chi connectivity index (χ1v) is 11.4. The van der Waals surface area contributed by atoms with Gasteiger partial charge in [0.1, 0.15) is 5.65 Å². The first kappa shape index (κ1) is 19.4. The van der Waals surface area contributed by atoms with Gasteiger partial charge in [0.05, 0.1) is 10.5 Å². The predicted molar refractivity (Wildman–Crippen MR) is 134 cm³/mol. The molecule has 3 aromatic carbocycles. The average Bonchev–Trinajstić information content (AvgIpc) is 3.20. The zero-order valence-corrected chi connectivity index (χ0v) is 18.4. The Morgan fingerprint density at radius 3 is 2.31 bits per heavy atom. The molecule has 0 amide bonds. The summed E-state index contributed by atoms with van der Waals surface area (Å²) in [6, 6.07) is 27.7. The minimum Gasteiger partial charge on any atom is -0.369 e. The fourth-order valence-corrected chi connectivity index (χ4v) is 4.94. The van der Waals surface area contributed by atoms with Crippen molar-refractivity contribution in [1.82, 2.24) is 14.9 Å². The molecule has 0 aliphatic carbocycles. The first-order chi connectivity index (χ1) is 15.8. The van der Waals surface area contributed by atoms with Crippen LogP contribution in [0, 0.1) is 0 Å². The van der Waals surface area contributed by atoms with Crippen molar-refractivity contribution >= 4 is 39.2 Å². The third-order valence-corrected chi connectivity index (χ3v) is 6.61. The van der Waals surface area contributed by atoms with Crippen LogP contribution in [0.1, 0.15) is 0 Å². The van der Waals surface area contributed by atoms with Crippen LogP contribution in [0.5, 0.6) is 0 Å². The van der Waals surface area contributed by atoms with E-state index in [2.05, 4.69) is 74.4 Å². The predicted octanol–water partition coefficient (Wildman–Crippen LogP) is 5.91. The first-order valence-electron chi connectivity index (χ1n) is 11.0. The standard InChI is InChI=1S/C27H23ClN4/c28-24-12-13-30-27-26(24)23-18-20(8-11-25(23)32(27)22-4-2-1-3-5-22)19-6-9-21(10-7-19)31-16-14-29-15-17-31/h1-13,18,29H,14-17H2. The summed E-state index contributed by atoms with van der Waals surface area (Å²) in [4.78, 5) is 7.12. The SMILES string of the molecule is Clc1ccnc2c1c1cc(-c3ccc(N4CCNCC4)cc3)ccc1n2-c1ccccc1. The Balaban J connectivity index is 1.48. The fourth-order valence-electron chi connectivity index (χ4n) is 4.70. The number of piperazine rings is 1. The van der Waals surface area contributed by atoms with Gasteiger partial charge in [-0.1, -0.05) is 48.0 Å². The topological polar surface area (TPSA) is 33.1 Å². The highest BCUT2D eigenvalue weighted by atomic mass is 35.5. The van der Waals surface area contributed by atoms with Gasteiger partial charge in [0.25, 0.3) is 0 Å². The lowest BCUT2D eigenvalue weighted by Gasteiger charge is -2.29. The van der Waals surface area contributed by atoms with Gasteiger partial charge in [-0.05, 0) is 53.6 Å². The van der Waals surface area contributed by atoms with Crippen LogP contribution in [0.4, 0.5) is 5.69 Å². The van der Waals surface area contributed by atoms with Gasteiger partial charge in [-0.2, -0.15) is 0 Å². The number of para-hydroxylation sites is 1. The quantitative estimate of drug-likeness (QED) is 0.380. The number of anilines is 1. The Kier molecular flexibility index (Phi) is 4.82. The van der Waals surface area contributed by atoms with E-state index >= 15 is 0 Å². The number of pyridine rings is 1. The van der Waals surface area contributed by atoms with E-state index in [1.54, 1.807) is 6.20 Å². The molecular weight excluding hydrogens is 416 g/mol. The van der Waals surface area contributed by atoms with Crippen LogP contribution in [-0.2, 0) is 0 Å². The van der Waals surface area contributed by atoms with E-state index in [1.165, 1.54) is 16.8 Å². The molecule has 32 heavy (non-hydrogen) atoms. The number of nitrogens with one attached hydrogen (secondary N) is 1. The van der Waals surface area contributed by atoms with E-state index < -0.39 is 0 Å². The van der Waals surface area contributed by atoms with Gasteiger partial charge in [0.15, 0.2) is 0 Å². The highest BCUT2D eigenvalue weighted by Gasteiger charge is 2.17. The lowest BCUT2D eigenvalue weighted by molar-refractivity contribution is 0.589. The van der Waals surface area contributed by atoms with Crippen LogP contribution >= 0.6 is 11.6 Å². The molecule has 0 radical (unpaired) electrons. The molecule has 2 aromatic heterocycles. The number of nitrogens with zero attached hydrogens (tertiary/aromatic N) is 3. The maximum absolute atomic E-state index is 6.68. The van der Waals surface area contributed by atoms with E-state index in [0.717, 1.165) is 58.8 Å². The maximum Gasteiger partial charge on any atom is 0.147 e. The van der Waals surface area contributed by atoms with Crippen LogP contribution in [0.2, 0.25) is 5.02 Å². The number of rotatable bonds is 3. The van der Waals surface area contributed by atoms with Crippen molar-refractivity contribution in [1.29, 1.82) is 0 Å². The molecule has 0 saturated carbocycles. The van der Waals surface area contributed by atoms with Crippen molar-refractivity contribution in [3.63, 3.8) is 0 Å². The molecule has 5 aromatic rings. The normalized spacial score (nSPS) is 14.3. The van der Waals surface area contributed by atoms with Crippen molar-refractivity contribution in [3.05, 3.63) is 90.1 Å². The Morgan fingerprint density at radius 1 is 0.781 bits per heavy atom. The molecule has 3 heterocycles. The Hall–Kier alpha value is -3.34. The van der Waals surface area contributed by atoms with E-state index in [-0.39, 0.29) is 0 Å². The Morgan fingerprint density at radius 2 is 1.53 bits per heavy atom. The summed E-state index contributed by atoms with van der Waals surface area (Å²) in [6.45, 7) is 4.18. The average molecular weight is 439 g/mol. The van der Waals surface area contributed by atoms with Crippen LogP contribution in [-0.4, -0.2) is 35.7 Å². The van der Waals surface area contributed by atoms with Crippen LogP contribution < -0.4 is 10.2 Å². The summed E-state index contributed by atoms with van der Waals surface area (Å²) < 4.78 is 2.19. The molecular formula is C27H23ClN4. The van der Waals surface area contributed by atoms with Crippen LogP contribution in [0.15, 0.2) is 85.1 Å². The highest BCUT2D eigenvalue weighted by Crippen LogP contribution is 2.37. The molecule has 1 aliphatic heterocycles. The molecule has 1 aliphatic rings. The summed E-state index contributed by atoms with van der Waals surface area (Å²) in [5, 5.41) is 6.24. The van der Waals surface area contributed by atoms with Gasteiger partial charge in [-0.3, -0.25) is 4.57 Å². The van der Waals surface area contributed by atoms with Crippen molar-refractivity contribution in [2.75, 3.05) is 31.1 Å². The second-order valence-corrected chi connectivity index (χ2v) is 8.59. The zero-order valence-electron chi connectivity index (χ0n) is 17.6. The molecule has 1 N–H and O–H groups in total. The summed E-state index contributed by atoms with van der Waals surface area (Å²) in [5.74, 6) is 0. The van der Waals surface area contributed by atoms with Crippen molar-refractivity contribution < 1.29 is 0 Å².